The average Bonchev–Trinajstić information content (AvgIpc) is 2.43. The van der Waals surface area contributed by atoms with Gasteiger partial charge in [-0.2, -0.15) is 0 Å². The Morgan fingerprint density at radius 1 is 1.37 bits per heavy atom. The number of hydrogen-bond acceptors (Lipinski definition) is 3. The molecular formula is C15H19ClN2O. The summed E-state index contributed by atoms with van der Waals surface area (Å²) in [5, 5.41) is 14.9. The lowest BCUT2D eigenvalue weighted by Gasteiger charge is -2.10. The van der Waals surface area contributed by atoms with Crippen molar-refractivity contribution in [3.63, 3.8) is 0 Å². The molecule has 1 unspecified atom stereocenters. The van der Waals surface area contributed by atoms with E-state index in [4.69, 9.17) is 11.6 Å². The summed E-state index contributed by atoms with van der Waals surface area (Å²) in [6.45, 7) is 3.02. The van der Waals surface area contributed by atoms with Gasteiger partial charge in [-0.25, -0.2) is 4.98 Å². The van der Waals surface area contributed by atoms with Crippen LogP contribution in [0.25, 0.3) is 10.8 Å². The number of benzene rings is 1. The Balaban J connectivity index is 2.02. The number of alkyl halides is 1. The molecule has 4 heteroatoms. The van der Waals surface area contributed by atoms with Crippen molar-refractivity contribution >= 4 is 28.2 Å². The van der Waals surface area contributed by atoms with Gasteiger partial charge in [-0.15, -0.1) is 11.6 Å². The monoisotopic (exact) mass is 278 g/mol. The highest BCUT2D eigenvalue weighted by atomic mass is 35.5. The maximum Gasteiger partial charge on any atom is 0.133 e. The standard InChI is InChI=1S/C15H19ClN2O/c1-11(10-16)3-2-7-17-15-14-9-13(19)5-4-12(14)6-8-18-15/h4-6,8-9,11,19H,2-3,7,10H2,1H3,(H,17,18). The number of aromatic hydroxyl groups is 1. The number of aromatic nitrogens is 1. The summed E-state index contributed by atoms with van der Waals surface area (Å²) in [5.41, 5.74) is 0. The Kier molecular flexibility index (Phi) is 4.86. The first kappa shape index (κ1) is 13.9. The molecule has 0 aliphatic rings. The Hall–Kier alpha value is -1.48. The van der Waals surface area contributed by atoms with Crippen molar-refractivity contribution in [2.75, 3.05) is 17.7 Å². The molecule has 0 bridgehead atoms. The highest BCUT2D eigenvalue weighted by molar-refractivity contribution is 6.18. The fourth-order valence-corrected chi connectivity index (χ4v) is 2.19. The lowest BCUT2D eigenvalue weighted by molar-refractivity contribution is 0.476. The fourth-order valence-electron chi connectivity index (χ4n) is 2.03. The number of halogens is 1. The molecule has 0 aliphatic carbocycles. The SMILES string of the molecule is CC(CCl)CCCNc1nccc2ccc(O)cc12. The zero-order chi connectivity index (χ0) is 13.7. The van der Waals surface area contributed by atoms with Gasteiger partial charge >= 0.3 is 0 Å². The minimum absolute atomic E-state index is 0.263. The summed E-state index contributed by atoms with van der Waals surface area (Å²) in [5.74, 6) is 2.35. The Morgan fingerprint density at radius 3 is 3.00 bits per heavy atom. The number of hydrogen-bond donors (Lipinski definition) is 2. The lowest BCUT2D eigenvalue weighted by atomic mass is 10.1. The van der Waals surface area contributed by atoms with Crippen molar-refractivity contribution < 1.29 is 5.11 Å². The second kappa shape index (κ2) is 6.62. The summed E-state index contributed by atoms with van der Waals surface area (Å²) >= 11 is 5.78. The minimum atomic E-state index is 0.263. The van der Waals surface area contributed by atoms with Gasteiger partial charge in [0, 0.05) is 24.0 Å². The van der Waals surface area contributed by atoms with E-state index in [1.807, 2.05) is 12.1 Å². The molecule has 3 nitrogen and oxygen atoms in total. The van der Waals surface area contributed by atoms with Crippen LogP contribution in [-0.2, 0) is 0 Å². The van der Waals surface area contributed by atoms with Crippen LogP contribution < -0.4 is 5.32 Å². The van der Waals surface area contributed by atoms with Crippen LogP contribution in [0.4, 0.5) is 5.82 Å². The van der Waals surface area contributed by atoms with Crippen LogP contribution in [0.5, 0.6) is 5.75 Å². The van der Waals surface area contributed by atoms with E-state index in [1.54, 1.807) is 18.3 Å². The van der Waals surface area contributed by atoms with Gasteiger partial charge in [0.15, 0.2) is 0 Å². The molecule has 102 valence electrons. The summed E-state index contributed by atoms with van der Waals surface area (Å²) in [6, 6.07) is 7.27. The molecule has 2 aromatic rings. The molecule has 1 heterocycles. The molecule has 0 saturated carbocycles. The van der Waals surface area contributed by atoms with E-state index in [9.17, 15) is 5.11 Å². The first-order valence-electron chi connectivity index (χ1n) is 6.58. The molecule has 19 heavy (non-hydrogen) atoms. The zero-order valence-electron chi connectivity index (χ0n) is 11.1. The van der Waals surface area contributed by atoms with Crippen LogP contribution in [0, 0.1) is 5.92 Å². The second-order valence-electron chi connectivity index (χ2n) is 4.89. The molecule has 0 aliphatic heterocycles. The van der Waals surface area contributed by atoms with Gasteiger partial charge in [-0.05, 0) is 42.3 Å². The molecule has 0 saturated heterocycles. The van der Waals surface area contributed by atoms with Gasteiger partial charge in [-0.1, -0.05) is 13.0 Å². The predicted octanol–water partition coefficient (Wildman–Crippen LogP) is 4.01. The largest absolute Gasteiger partial charge is 0.508 e. The van der Waals surface area contributed by atoms with Crippen molar-refractivity contribution in [2.45, 2.75) is 19.8 Å². The molecule has 0 spiro atoms. The zero-order valence-corrected chi connectivity index (χ0v) is 11.8. The predicted molar refractivity (Wildman–Crippen MR) is 81.0 cm³/mol. The van der Waals surface area contributed by atoms with Gasteiger partial charge in [-0.3, -0.25) is 0 Å². The molecule has 1 aromatic carbocycles. The summed E-state index contributed by atoms with van der Waals surface area (Å²) in [4.78, 5) is 4.34. The minimum Gasteiger partial charge on any atom is -0.508 e. The first-order chi connectivity index (χ1) is 9.20. The Labute approximate surface area is 118 Å². The maximum atomic E-state index is 9.56. The van der Waals surface area contributed by atoms with Gasteiger partial charge < -0.3 is 10.4 Å². The Morgan fingerprint density at radius 2 is 2.21 bits per heavy atom. The van der Waals surface area contributed by atoms with Crippen LogP contribution >= 0.6 is 11.6 Å². The quantitative estimate of drug-likeness (QED) is 0.620. The highest BCUT2D eigenvalue weighted by Crippen LogP contribution is 2.25. The smallest absolute Gasteiger partial charge is 0.133 e. The lowest BCUT2D eigenvalue weighted by Crippen LogP contribution is -2.06. The average molecular weight is 279 g/mol. The van der Waals surface area contributed by atoms with Gasteiger partial charge in [0.2, 0.25) is 0 Å². The van der Waals surface area contributed by atoms with Crippen molar-refractivity contribution in [1.29, 1.82) is 0 Å². The number of phenolic OH excluding ortho intramolecular Hbond substituents is 1. The van der Waals surface area contributed by atoms with Crippen LogP contribution in [0.2, 0.25) is 0 Å². The number of pyridine rings is 1. The van der Waals surface area contributed by atoms with Gasteiger partial charge in [0.05, 0.1) is 0 Å². The van der Waals surface area contributed by atoms with Gasteiger partial charge in [0.1, 0.15) is 11.6 Å². The fraction of sp³-hybridized carbons (Fsp3) is 0.400. The maximum absolute atomic E-state index is 9.56. The molecule has 2 rings (SSSR count). The van der Waals surface area contributed by atoms with E-state index in [0.717, 1.165) is 36.0 Å². The normalized spacial score (nSPS) is 12.5. The summed E-state index contributed by atoms with van der Waals surface area (Å²) in [6.07, 6.45) is 3.94. The van der Waals surface area contributed by atoms with E-state index in [2.05, 4.69) is 17.2 Å². The number of anilines is 1. The van der Waals surface area contributed by atoms with Crippen molar-refractivity contribution in [1.82, 2.24) is 4.98 Å². The molecule has 0 amide bonds. The van der Waals surface area contributed by atoms with Crippen LogP contribution in [0.1, 0.15) is 19.8 Å². The third-order valence-electron chi connectivity index (χ3n) is 3.18. The second-order valence-corrected chi connectivity index (χ2v) is 5.20. The van der Waals surface area contributed by atoms with Gasteiger partial charge in [0.25, 0.3) is 0 Å². The van der Waals surface area contributed by atoms with Crippen LogP contribution in [0.15, 0.2) is 30.5 Å². The molecule has 2 N–H and O–H groups in total. The van der Waals surface area contributed by atoms with E-state index in [0.29, 0.717) is 11.8 Å². The van der Waals surface area contributed by atoms with E-state index in [1.165, 1.54) is 0 Å². The number of fused-ring (bicyclic) bond motifs is 1. The van der Waals surface area contributed by atoms with Crippen molar-refractivity contribution in [3.8, 4) is 5.75 Å². The molecule has 0 fully saturated rings. The van der Waals surface area contributed by atoms with Crippen LogP contribution in [0.3, 0.4) is 0 Å². The number of nitrogens with one attached hydrogen (secondary N) is 1. The van der Waals surface area contributed by atoms with Crippen molar-refractivity contribution in [3.05, 3.63) is 30.5 Å². The molecular weight excluding hydrogens is 260 g/mol. The van der Waals surface area contributed by atoms with E-state index < -0.39 is 0 Å². The number of phenols is 1. The summed E-state index contributed by atoms with van der Waals surface area (Å²) in [7, 11) is 0. The van der Waals surface area contributed by atoms with Crippen molar-refractivity contribution in [2.24, 2.45) is 5.92 Å². The highest BCUT2D eigenvalue weighted by Gasteiger charge is 2.04. The Bertz CT molecular complexity index is 545. The number of rotatable bonds is 6. The first-order valence-corrected chi connectivity index (χ1v) is 7.11. The number of nitrogens with zero attached hydrogens (tertiary/aromatic N) is 1. The topological polar surface area (TPSA) is 45.2 Å². The summed E-state index contributed by atoms with van der Waals surface area (Å²) < 4.78 is 0. The van der Waals surface area contributed by atoms with E-state index in [-0.39, 0.29) is 5.75 Å². The molecule has 1 atom stereocenters. The van der Waals surface area contributed by atoms with Crippen LogP contribution in [-0.4, -0.2) is 22.5 Å². The molecule has 1 aromatic heterocycles. The third kappa shape index (κ3) is 3.74. The third-order valence-corrected chi connectivity index (χ3v) is 3.71. The molecule has 0 radical (unpaired) electrons. The van der Waals surface area contributed by atoms with E-state index >= 15 is 0 Å².